The number of benzene rings is 1. The summed E-state index contributed by atoms with van der Waals surface area (Å²) >= 11 is 13.4. The fraction of sp³-hybridized carbons (Fsp3) is 0.222. The van der Waals surface area contributed by atoms with E-state index in [4.69, 9.17) is 23.2 Å². The van der Waals surface area contributed by atoms with Gasteiger partial charge in [0.05, 0.1) is 5.88 Å². The maximum Gasteiger partial charge on any atom is 0.177 e. The number of carbonyl (C=O) groups excluding carboxylic acids is 1. The normalized spacial score (nSPS) is 10.2. The van der Waals surface area contributed by atoms with E-state index in [1.165, 1.54) is 0 Å². The molecule has 0 aliphatic carbocycles. The zero-order valence-corrected chi connectivity index (χ0v) is 10.6. The minimum Gasteiger partial charge on any atom is -0.293 e. The lowest BCUT2D eigenvalue weighted by atomic mass is 10.1. The SMILES string of the molecule is Cc1c(I)cc(Cl)cc1C(=O)CCl. The lowest BCUT2D eigenvalue weighted by Gasteiger charge is -2.05. The molecule has 0 radical (unpaired) electrons. The van der Waals surface area contributed by atoms with Crippen molar-refractivity contribution in [1.29, 1.82) is 0 Å². The maximum atomic E-state index is 11.3. The Morgan fingerprint density at radius 3 is 2.69 bits per heavy atom. The van der Waals surface area contributed by atoms with Crippen LogP contribution in [0.3, 0.4) is 0 Å². The highest BCUT2D eigenvalue weighted by molar-refractivity contribution is 14.1. The molecule has 0 bridgehead atoms. The molecule has 1 aromatic rings. The second kappa shape index (κ2) is 4.62. The predicted octanol–water partition coefficient (Wildman–Crippen LogP) is 3.67. The van der Waals surface area contributed by atoms with Crippen LogP contribution in [-0.4, -0.2) is 11.7 Å². The first-order valence-corrected chi connectivity index (χ1v) is 5.60. The molecule has 0 saturated heterocycles. The Morgan fingerprint density at radius 2 is 2.15 bits per heavy atom. The number of ketones is 1. The van der Waals surface area contributed by atoms with Crippen molar-refractivity contribution in [2.24, 2.45) is 0 Å². The lowest BCUT2D eigenvalue weighted by Crippen LogP contribution is -2.04. The Hall–Kier alpha value is 0.200. The third kappa shape index (κ3) is 2.58. The van der Waals surface area contributed by atoms with Crippen molar-refractivity contribution in [3.05, 3.63) is 31.9 Å². The van der Waals surface area contributed by atoms with Crippen LogP contribution in [0.4, 0.5) is 0 Å². The van der Waals surface area contributed by atoms with Gasteiger partial charge in [-0.2, -0.15) is 0 Å². The highest BCUT2D eigenvalue weighted by Gasteiger charge is 2.10. The summed E-state index contributed by atoms with van der Waals surface area (Å²) in [6.45, 7) is 1.89. The largest absolute Gasteiger partial charge is 0.293 e. The molecule has 1 nitrogen and oxygen atoms in total. The van der Waals surface area contributed by atoms with Crippen molar-refractivity contribution in [3.63, 3.8) is 0 Å². The number of carbonyl (C=O) groups is 1. The molecule has 0 aromatic heterocycles. The molecule has 4 heteroatoms. The van der Waals surface area contributed by atoms with Crippen LogP contribution in [0.15, 0.2) is 12.1 Å². The molecule has 70 valence electrons. The number of rotatable bonds is 2. The third-order valence-electron chi connectivity index (χ3n) is 1.73. The summed E-state index contributed by atoms with van der Waals surface area (Å²) in [7, 11) is 0. The van der Waals surface area contributed by atoms with Crippen LogP contribution in [0.5, 0.6) is 0 Å². The van der Waals surface area contributed by atoms with Gasteiger partial charge in [-0.15, -0.1) is 11.6 Å². The number of Topliss-reactive ketones (excluding diaryl/α,β-unsaturated/α-hetero) is 1. The maximum absolute atomic E-state index is 11.3. The van der Waals surface area contributed by atoms with E-state index in [1.54, 1.807) is 6.07 Å². The Morgan fingerprint density at radius 1 is 1.54 bits per heavy atom. The van der Waals surface area contributed by atoms with Crippen LogP contribution in [0.25, 0.3) is 0 Å². The molecule has 0 aliphatic heterocycles. The van der Waals surface area contributed by atoms with Gasteiger partial charge >= 0.3 is 0 Å². The van der Waals surface area contributed by atoms with E-state index in [0.717, 1.165) is 9.13 Å². The first kappa shape index (κ1) is 11.3. The van der Waals surface area contributed by atoms with Gasteiger partial charge < -0.3 is 0 Å². The number of halogens is 3. The number of alkyl halides is 1. The fourth-order valence-electron chi connectivity index (χ4n) is 1.01. The average molecular weight is 329 g/mol. The van der Waals surface area contributed by atoms with E-state index < -0.39 is 0 Å². The molecule has 13 heavy (non-hydrogen) atoms. The Kier molecular flexibility index (Phi) is 4.01. The van der Waals surface area contributed by atoms with Gasteiger partial charge in [-0.25, -0.2) is 0 Å². The first-order valence-electron chi connectivity index (χ1n) is 3.61. The van der Waals surface area contributed by atoms with Crippen LogP contribution in [0.2, 0.25) is 5.02 Å². The molecular weight excluding hydrogens is 322 g/mol. The van der Waals surface area contributed by atoms with E-state index in [0.29, 0.717) is 10.6 Å². The fourth-order valence-corrected chi connectivity index (χ4v) is 2.18. The molecule has 0 N–H and O–H groups in total. The zero-order valence-electron chi connectivity index (χ0n) is 6.90. The smallest absolute Gasteiger partial charge is 0.177 e. The second-order valence-electron chi connectivity index (χ2n) is 2.62. The van der Waals surface area contributed by atoms with Crippen LogP contribution >= 0.6 is 45.8 Å². The van der Waals surface area contributed by atoms with Gasteiger partial charge in [-0.05, 0) is 47.2 Å². The van der Waals surface area contributed by atoms with Crippen molar-refractivity contribution in [1.82, 2.24) is 0 Å². The summed E-state index contributed by atoms with van der Waals surface area (Å²) in [4.78, 5) is 11.3. The van der Waals surface area contributed by atoms with Gasteiger partial charge in [-0.1, -0.05) is 11.6 Å². The molecule has 0 unspecified atom stereocenters. The van der Waals surface area contributed by atoms with E-state index in [9.17, 15) is 4.79 Å². The van der Waals surface area contributed by atoms with Gasteiger partial charge in [0.15, 0.2) is 5.78 Å². The number of hydrogen-bond donors (Lipinski definition) is 0. The first-order chi connectivity index (χ1) is 6.06. The van der Waals surface area contributed by atoms with E-state index >= 15 is 0 Å². The molecule has 1 aromatic carbocycles. The Balaban J connectivity index is 3.28. The van der Waals surface area contributed by atoms with Crippen molar-refractivity contribution >= 4 is 51.6 Å². The summed E-state index contributed by atoms with van der Waals surface area (Å²) < 4.78 is 0.985. The van der Waals surface area contributed by atoms with E-state index in [-0.39, 0.29) is 11.7 Å². The molecule has 0 fully saturated rings. The van der Waals surface area contributed by atoms with Crippen LogP contribution in [-0.2, 0) is 0 Å². The van der Waals surface area contributed by atoms with Gasteiger partial charge in [0.25, 0.3) is 0 Å². The van der Waals surface area contributed by atoms with Gasteiger partial charge in [0, 0.05) is 14.2 Å². The summed E-state index contributed by atoms with van der Waals surface area (Å²) in [6, 6.07) is 3.48. The molecule has 0 spiro atoms. The van der Waals surface area contributed by atoms with Gasteiger partial charge in [0.2, 0.25) is 0 Å². The molecule has 0 saturated carbocycles. The highest BCUT2D eigenvalue weighted by Crippen LogP contribution is 2.22. The highest BCUT2D eigenvalue weighted by atomic mass is 127. The van der Waals surface area contributed by atoms with Crippen molar-refractivity contribution < 1.29 is 4.79 Å². The Bertz CT molecular complexity index is 350. The summed E-state index contributed by atoms with van der Waals surface area (Å²) in [6.07, 6.45) is 0. The molecule has 1 rings (SSSR count). The third-order valence-corrected chi connectivity index (χ3v) is 3.31. The van der Waals surface area contributed by atoms with Crippen molar-refractivity contribution in [3.8, 4) is 0 Å². The van der Waals surface area contributed by atoms with Crippen LogP contribution < -0.4 is 0 Å². The average Bonchev–Trinajstić information content (AvgIpc) is 2.10. The topological polar surface area (TPSA) is 17.1 Å². The zero-order chi connectivity index (χ0) is 10.0. The molecule has 0 heterocycles. The molecule has 0 amide bonds. The van der Waals surface area contributed by atoms with Gasteiger partial charge in [-0.3, -0.25) is 4.79 Å². The van der Waals surface area contributed by atoms with Crippen LogP contribution in [0, 0.1) is 10.5 Å². The van der Waals surface area contributed by atoms with E-state index in [2.05, 4.69) is 22.6 Å². The molecule has 0 atom stereocenters. The second-order valence-corrected chi connectivity index (χ2v) is 4.48. The summed E-state index contributed by atoms with van der Waals surface area (Å²) in [5, 5.41) is 0.573. The minimum atomic E-state index is -0.0837. The monoisotopic (exact) mass is 328 g/mol. The quantitative estimate of drug-likeness (QED) is 0.460. The van der Waals surface area contributed by atoms with Crippen LogP contribution in [0.1, 0.15) is 15.9 Å². The number of hydrogen-bond acceptors (Lipinski definition) is 1. The summed E-state index contributed by atoms with van der Waals surface area (Å²) in [5.41, 5.74) is 1.56. The van der Waals surface area contributed by atoms with Crippen molar-refractivity contribution in [2.75, 3.05) is 5.88 Å². The predicted molar refractivity (Wildman–Crippen MR) is 64.0 cm³/mol. The van der Waals surface area contributed by atoms with Gasteiger partial charge in [0.1, 0.15) is 0 Å². The summed E-state index contributed by atoms with van der Waals surface area (Å²) in [5.74, 6) is -0.0864. The Labute approximate surface area is 101 Å². The minimum absolute atomic E-state index is 0.00272. The molecule has 0 aliphatic rings. The standard InChI is InChI=1S/C9H7Cl2IO/c1-5-7(9(13)4-10)2-6(11)3-8(5)12/h2-3H,4H2,1H3. The van der Waals surface area contributed by atoms with Crippen molar-refractivity contribution in [2.45, 2.75) is 6.92 Å². The lowest BCUT2D eigenvalue weighted by molar-refractivity contribution is 0.102. The van der Waals surface area contributed by atoms with E-state index in [1.807, 2.05) is 13.0 Å². The molecular formula is C9H7Cl2IO.